The number of benzene rings is 2. The Hall–Kier alpha value is -3.52. The van der Waals surface area contributed by atoms with Crippen molar-refractivity contribution in [3.8, 4) is 17.2 Å². The number of pyridine rings is 1. The number of halogens is 1. The third-order valence-corrected chi connectivity index (χ3v) is 4.03. The second-order valence-corrected chi connectivity index (χ2v) is 5.64. The second-order valence-electron chi connectivity index (χ2n) is 5.64. The predicted molar refractivity (Wildman–Crippen MR) is 110 cm³/mol. The van der Waals surface area contributed by atoms with Crippen LogP contribution in [0.1, 0.15) is 10.4 Å². The molecule has 8 nitrogen and oxygen atoms in total. The van der Waals surface area contributed by atoms with Crippen molar-refractivity contribution in [1.82, 2.24) is 4.57 Å². The summed E-state index contributed by atoms with van der Waals surface area (Å²) < 4.78 is 11.9. The van der Waals surface area contributed by atoms with Gasteiger partial charge in [-0.15, -0.1) is 12.4 Å². The van der Waals surface area contributed by atoms with Gasteiger partial charge in [-0.05, 0) is 18.2 Å². The van der Waals surface area contributed by atoms with Gasteiger partial charge in [0.15, 0.2) is 5.96 Å². The fourth-order valence-electron chi connectivity index (χ4n) is 2.80. The Balaban J connectivity index is 0.00000280. The summed E-state index contributed by atoms with van der Waals surface area (Å²) in [5.41, 5.74) is 11.0. The first-order valence-corrected chi connectivity index (χ1v) is 7.97. The molecule has 0 fully saturated rings. The molecule has 9 heteroatoms. The Labute approximate surface area is 166 Å². The second kappa shape index (κ2) is 8.45. The van der Waals surface area contributed by atoms with E-state index in [0.29, 0.717) is 28.0 Å². The normalized spacial score (nSPS) is 10.1. The van der Waals surface area contributed by atoms with Gasteiger partial charge in [0.05, 0.1) is 25.5 Å². The zero-order valence-electron chi connectivity index (χ0n) is 15.2. The van der Waals surface area contributed by atoms with E-state index in [2.05, 4.69) is 4.99 Å². The highest BCUT2D eigenvalue weighted by atomic mass is 35.5. The molecule has 3 rings (SSSR count). The number of hydrogen-bond donors (Lipinski definition) is 2. The molecule has 3 aromatic rings. The monoisotopic (exact) mass is 402 g/mol. The number of ether oxygens (including phenoxy) is 2. The molecule has 146 valence electrons. The van der Waals surface area contributed by atoms with Crippen molar-refractivity contribution in [3.05, 3.63) is 64.6 Å². The molecule has 4 N–H and O–H groups in total. The molecule has 2 aromatic carbocycles. The number of guanidine groups is 1. The topological polar surface area (TPSA) is 122 Å². The van der Waals surface area contributed by atoms with E-state index in [0.717, 1.165) is 0 Å². The first-order chi connectivity index (χ1) is 13.0. The minimum atomic E-state index is -0.646. The fourth-order valence-corrected chi connectivity index (χ4v) is 2.80. The quantitative estimate of drug-likeness (QED) is 0.507. The number of hydrogen-bond acceptors (Lipinski definition) is 4. The fraction of sp³-hybridized carbons (Fsp3) is 0.105. The molecular formula is C19H19ClN4O4. The molecule has 28 heavy (non-hydrogen) atoms. The van der Waals surface area contributed by atoms with Crippen molar-refractivity contribution in [2.45, 2.75) is 0 Å². The zero-order valence-corrected chi connectivity index (χ0v) is 16.0. The summed E-state index contributed by atoms with van der Waals surface area (Å²) in [5.74, 6) is -0.0236. The van der Waals surface area contributed by atoms with Gasteiger partial charge in [0.2, 0.25) is 0 Å². The third-order valence-electron chi connectivity index (χ3n) is 4.03. The summed E-state index contributed by atoms with van der Waals surface area (Å²) >= 11 is 0. The Morgan fingerprint density at radius 2 is 1.71 bits per heavy atom. The Bertz CT molecular complexity index is 1120. The molecule has 0 aliphatic rings. The first kappa shape index (κ1) is 20.8. The largest absolute Gasteiger partial charge is 0.497 e. The summed E-state index contributed by atoms with van der Waals surface area (Å²) in [6.07, 6.45) is 1.41. The van der Waals surface area contributed by atoms with E-state index in [1.165, 1.54) is 25.0 Å². The summed E-state index contributed by atoms with van der Waals surface area (Å²) in [5, 5.41) is 0.813. The standard InChI is InChI=1S/C19H18N4O4.ClH/c1-26-11-7-8-15(16(9-11)27-2)23-10-14(17(24)22-19(20)21)12-5-3-4-6-13(12)18(23)25;/h3-10H,1-2H3,(H4,20,21,22,24);1H. The highest BCUT2D eigenvalue weighted by molar-refractivity contribution is 6.10. The molecule has 1 amide bonds. The van der Waals surface area contributed by atoms with Gasteiger partial charge in [-0.25, -0.2) is 0 Å². The molecule has 0 atom stereocenters. The molecular weight excluding hydrogens is 384 g/mol. The molecule has 0 unspecified atom stereocenters. The molecule has 0 aliphatic carbocycles. The number of methoxy groups -OCH3 is 2. The average Bonchev–Trinajstić information content (AvgIpc) is 2.67. The minimum Gasteiger partial charge on any atom is -0.497 e. The van der Waals surface area contributed by atoms with E-state index in [4.69, 9.17) is 20.9 Å². The van der Waals surface area contributed by atoms with Crippen LogP contribution in [0.15, 0.2) is 58.4 Å². The number of carbonyl (C=O) groups excluding carboxylic acids is 1. The van der Waals surface area contributed by atoms with Crippen LogP contribution in [0.2, 0.25) is 0 Å². The van der Waals surface area contributed by atoms with Crippen molar-refractivity contribution in [2.24, 2.45) is 16.5 Å². The summed E-state index contributed by atoms with van der Waals surface area (Å²) in [7, 11) is 3.01. The number of aromatic nitrogens is 1. The lowest BCUT2D eigenvalue weighted by Gasteiger charge is -2.14. The molecule has 0 radical (unpaired) electrons. The molecule has 0 saturated heterocycles. The van der Waals surface area contributed by atoms with E-state index in [1.54, 1.807) is 42.5 Å². The highest BCUT2D eigenvalue weighted by Crippen LogP contribution is 2.28. The predicted octanol–water partition coefficient (Wildman–Crippen LogP) is 1.84. The van der Waals surface area contributed by atoms with E-state index < -0.39 is 5.91 Å². The van der Waals surface area contributed by atoms with Crippen LogP contribution < -0.4 is 26.5 Å². The van der Waals surface area contributed by atoms with Crippen molar-refractivity contribution in [3.63, 3.8) is 0 Å². The maximum atomic E-state index is 13.0. The van der Waals surface area contributed by atoms with Crippen molar-refractivity contribution in [2.75, 3.05) is 14.2 Å². The lowest BCUT2D eigenvalue weighted by atomic mass is 10.1. The van der Waals surface area contributed by atoms with Crippen LogP contribution in [0.3, 0.4) is 0 Å². The summed E-state index contributed by atoms with van der Waals surface area (Å²) in [4.78, 5) is 29.1. The highest BCUT2D eigenvalue weighted by Gasteiger charge is 2.17. The van der Waals surface area contributed by atoms with E-state index >= 15 is 0 Å². The van der Waals surface area contributed by atoms with Crippen LogP contribution in [0.25, 0.3) is 16.5 Å². The van der Waals surface area contributed by atoms with Crippen LogP contribution >= 0.6 is 12.4 Å². The molecule has 1 heterocycles. The van der Waals surface area contributed by atoms with Crippen LogP contribution in [-0.4, -0.2) is 30.7 Å². The minimum absolute atomic E-state index is 0. The molecule has 0 bridgehead atoms. The summed E-state index contributed by atoms with van der Waals surface area (Å²) in [6.45, 7) is 0. The number of fused-ring (bicyclic) bond motifs is 1. The third kappa shape index (κ3) is 3.77. The number of carbonyl (C=O) groups is 1. The van der Waals surface area contributed by atoms with Gasteiger partial charge in [0, 0.05) is 23.0 Å². The molecule has 1 aromatic heterocycles. The van der Waals surface area contributed by atoms with E-state index in [1.807, 2.05) is 0 Å². The zero-order chi connectivity index (χ0) is 19.6. The summed E-state index contributed by atoms with van der Waals surface area (Å²) in [6, 6.07) is 11.8. The smallest absolute Gasteiger partial charge is 0.282 e. The van der Waals surface area contributed by atoms with Crippen molar-refractivity contribution in [1.29, 1.82) is 0 Å². The van der Waals surface area contributed by atoms with Gasteiger partial charge < -0.3 is 20.9 Å². The number of nitrogens with two attached hydrogens (primary N) is 2. The Morgan fingerprint density at radius 3 is 2.32 bits per heavy atom. The van der Waals surface area contributed by atoms with Gasteiger partial charge in [0.25, 0.3) is 11.5 Å². The molecule has 0 aliphatic heterocycles. The lowest BCUT2D eigenvalue weighted by Crippen LogP contribution is -2.25. The Kier molecular flexibility index (Phi) is 6.27. The van der Waals surface area contributed by atoms with E-state index in [9.17, 15) is 9.59 Å². The van der Waals surface area contributed by atoms with Gasteiger partial charge in [-0.2, -0.15) is 4.99 Å². The van der Waals surface area contributed by atoms with Crippen molar-refractivity contribution < 1.29 is 14.3 Å². The maximum absolute atomic E-state index is 13.0. The lowest BCUT2D eigenvalue weighted by molar-refractivity contribution is 0.100. The number of amides is 1. The Morgan fingerprint density at radius 1 is 1.04 bits per heavy atom. The van der Waals surface area contributed by atoms with Crippen LogP contribution in [0.5, 0.6) is 11.5 Å². The van der Waals surface area contributed by atoms with Crippen LogP contribution in [0.4, 0.5) is 0 Å². The van der Waals surface area contributed by atoms with Gasteiger partial charge in [-0.1, -0.05) is 18.2 Å². The molecule has 0 spiro atoms. The van der Waals surface area contributed by atoms with Crippen molar-refractivity contribution >= 4 is 35.0 Å². The number of rotatable bonds is 4. The SMILES string of the molecule is COc1ccc(-n2cc(C(=O)N=C(N)N)c3ccccc3c2=O)c(OC)c1.Cl. The molecule has 0 saturated carbocycles. The number of nitrogens with zero attached hydrogens (tertiary/aromatic N) is 2. The van der Waals surface area contributed by atoms with Crippen LogP contribution in [0, 0.1) is 0 Å². The maximum Gasteiger partial charge on any atom is 0.282 e. The first-order valence-electron chi connectivity index (χ1n) is 7.97. The average molecular weight is 403 g/mol. The van der Waals surface area contributed by atoms with Gasteiger partial charge >= 0.3 is 0 Å². The number of aliphatic imine (C=N–C) groups is 1. The van der Waals surface area contributed by atoms with Crippen LogP contribution in [-0.2, 0) is 0 Å². The van der Waals surface area contributed by atoms with Gasteiger partial charge in [-0.3, -0.25) is 14.2 Å². The van der Waals surface area contributed by atoms with Gasteiger partial charge in [0.1, 0.15) is 11.5 Å². The van der Waals surface area contributed by atoms with E-state index in [-0.39, 0.29) is 29.5 Å².